The van der Waals surface area contributed by atoms with E-state index >= 15 is 0 Å². The van der Waals surface area contributed by atoms with Gasteiger partial charge < -0.3 is 15.0 Å². The summed E-state index contributed by atoms with van der Waals surface area (Å²) < 4.78 is 5.10. The summed E-state index contributed by atoms with van der Waals surface area (Å²) in [4.78, 5) is 26.7. The number of hydrogen-bond acceptors (Lipinski definition) is 3. The number of methoxy groups -OCH3 is 1. The van der Waals surface area contributed by atoms with Crippen molar-refractivity contribution in [3.63, 3.8) is 0 Å². The van der Waals surface area contributed by atoms with E-state index < -0.39 is 0 Å². The average Bonchev–Trinajstić information content (AvgIpc) is 2.65. The van der Waals surface area contributed by atoms with Crippen LogP contribution < -0.4 is 5.32 Å². The first-order chi connectivity index (χ1) is 12.5. The average molecular weight is 354 g/mol. The molecule has 26 heavy (non-hydrogen) atoms. The summed E-state index contributed by atoms with van der Waals surface area (Å²) in [6.07, 6.45) is 0. The Labute approximate surface area is 155 Å². The van der Waals surface area contributed by atoms with E-state index in [1.165, 1.54) is 0 Å². The van der Waals surface area contributed by atoms with E-state index in [1.54, 1.807) is 48.4 Å². The fourth-order valence-electron chi connectivity index (χ4n) is 2.59. The lowest BCUT2D eigenvalue weighted by molar-refractivity contribution is 0.0672. The molecule has 0 saturated heterocycles. The number of benzene rings is 2. The van der Waals surface area contributed by atoms with Gasteiger partial charge >= 0.3 is 0 Å². The molecule has 0 aliphatic carbocycles. The van der Waals surface area contributed by atoms with Crippen LogP contribution >= 0.6 is 0 Å². The summed E-state index contributed by atoms with van der Waals surface area (Å²) in [7, 11) is 1.63. The molecule has 0 atom stereocenters. The van der Waals surface area contributed by atoms with Crippen molar-refractivity contribution < 1.29 is 14.3 Å². The second-order valence-corrected chi connectivity index (χ2v) is 6.54. The Morgan fingerprint density at radius 1 is 1.00 bits per heavy atom. The van der Waals surface area contributed by atoms with Crippen molar-refractivity contribution in [3.05, 3.63) is 65.7 Å². The van der Waals surface area contributed by atoms with Gasteiger partial charge in [0.15, 0.2) is 0 Å². The monoisotopic (exact) mass is 354 g/mol. The molecular formula is C21H26N2O3. The van der Waals surface area contributed by atoms with Crippen LogP contribution in [-0.4, -0.2) is 43.5 Å². The van der Waals surface area contributed by atoms with Crippen LogP contribution in [0.2, 0.25) is 0 Å². The van der Waals surface area contributed by atoms with E-state index in [-0.39, 0.29) is 11.8 Å². The third-order valence-electron chi connectivity index (χ3n) is 3.86. The number of anilines is 1. The maximum Gasteiger partial charge on any atom is 0.255 e. The zero-order valence-corrected chi connectivity index (χ0v) is 15.6. The first-order valence-electron chi connectivity index (χ1n) is 8.76. The van der Waals surface area contributed by atoms with Crippen LogP contribution in [0.4, 0.5) is 5.69 Å². The lowest BCUT2D eigenvalue weighted by Crippen LogP contribution is -2.36. The Kier molecular flexibility index (Phi) is 7.36. The van der Waals surface area contributed by atoms with Gasteiger partial charge in [0.1, 0.15) is 0 Å². The highest BCUT2D eigenvalue weighted by Crippen LogP contribution is 2.14. The Morgan fingerprint density at radius 3 is 2.23 bits per heavy atom. The molecule has 5 heteroatoms. The van der Waals surface area contributed by atoms with E-state index in [2.05, 4.69) is 19.2 Å². The van der Waals surface area contributed by atoms with Crippen molar-refractivity contribution in [1.29, 1.82) is 0 Å². The summed E-state index contributed by atoms with van der Waals surface area (Å²) >= 11 is 0. The van der Waals surface area contributed by atoms with Crippen molar-refractivity contribution in [3.8, 4) is 0 Å². The van der Waals surface area contributed by atoms with E-state index in [1.807, 2.05) is 18.2 Å². The number of nitrogens with zero attached hydrogens (tertiary/aromatic N) is 1. The van der Waals surface area contributed by atoms with Crippen LogP contribution in [0, 0.1) is 5.92 Å². The van der Waals surface area contributed by atoms with Gasteiger partial charge in [0.2, 0.25) is 0 Å². The van der Waals surface area contributed by atoms with Crippen LogP contribution in [0.1, 0.15) is 34.6 Å². The molecule has 0 aliphatic rings. The Balaban J connectivity index is 2.04. The van der Waals surface area contributed by atoms with E-state index in [0.29, 0.717) is 42.4 Å². The van der Waals surface area contributed by atoms with Gasteiger partial charge in [-0.25, -0.2) is 0 Å². The number of carbonyl (C=O) groups excluding carboxylic acids is 2. The lowest BCUT2D eigenvalue weighted by atomic mass is 10.1. The Bertz CT molecular complexity index is 712. The topological polar surface area (TPSA) is 58.6 Å². The minimum Gasteiger partial charge on any atom is -0.383 e. The molecule has 2 rings (SSSR count). The van der Waals surface area contributed by atoms with E-state index in [4.69, 9.17) is 4.74 Å². The predicted octanol–water partition coefficient (Wildman–Crippen LogP) is 3.68. The van der Waals surface area contributed by atoms with Gasteiger partial charge in [0.25, 0.3) is 11.8 Å². The molecule has 0 heterocycles. The SMILES string of the molecule is COCCN(CC(C)C)C(=O)c1ccc(NC(=O)c2ccccc2)cc1. The summed E-state index contributed by atoms with van der Waals surface area (Å²) in [5.41, 5.74) is 1.84. The second kappa shape index (κ2) is 9.73. The van der Waals surface area contributed by atoms with Crippen LogP contribution in [0.25, 0.3) is 0 Å². The van der Waals surface area contributed by atoms with Crippen molar-refractivity contribution in [2.45, 2.75) is 13.8 Å². The van der Waals surface area contributed by atoms with Gasteiger partial charge in [0.05, 0.1) is 6.61 Å². The number of nitrogens with one attached hydrogen (secondary N) is 1. The van der Waals surface area contributed by atoms with E-state index in [0.717, 1.165) is 0 Å². The van der Waals surface area contributed by atoms with Crippen molar-refractivity contribution in [1.82, 2.24) is 4.90 Å². The third-order valence-corrected chi connectivity index (χ3v) is 3.86. The zero-order valence-electron chi connectivity index (χ0n) is 15.6. The van der Waals surface area contributed by atoms with E-state index in [9.17, 15) is 9.59 Å². The van der Waals surface area contributed by atoms with Crippen LogP contribution in [0.15, 0.2) is 54.6 Å². The van der Waals surface area contributed by atoms with Gasteiger partial charge in [-0.15, -0.1) is 0 Å². The molecule has 2 aromatic rings. The number of hydrogen-bond donors (Lipinski definition) is 1. The highest BCUT2D eigenvalue weighted by Gasteiger charge is 2.17. The maximum absolute atomic E-state index is 12.7. The molecule has 0 aromatic heterocycles. The van der Waals surface area contributed by atoms with Gasteiger partial charge in [-0.1, -0.05) is 32.0 Å². The maximum atomic E-state index is 12.7. The predicted molar refractivity (Wildman–Crippen MR) is 103 cm³/mol. The number of rotatable bonds is 8. The highest BCUT2D eigenvalue weighted by atomic mass is 16.5. The van der Waals surface area contributed by atoms with Gasteiger partial charge in [-0.2, -0.15) is 0 Å². The van der Waals surface area contributed by atoms with Gasteiger partial charge in [-0.3, -0.25) is 9.59 Å². The molecular weight excluding hydrogens is 328 g/mol. The molecule has 0 spiro atoms. The molecule has 1 N–H and O–H groups in total. The largest absolute Gasteiger partial charge is 0.383 e. The normalized spacial score (nSPS) is 10.6. The number of carbonyl (C=O) groups is 2. The second-order valence-electron chi connectivity index (χ2n) is 6.54. The van der Waals surface area contributed by atoms with Gasteiger partial charge in [0, 0.05) is 37.0 Å². The van der Waals surface area contributed by atoms with Crippen LogP contribution in [-0.2, 0) is 4.74 Å². The van der Waals surface area contributed by atoms with Crippen molar-refractivity contribution in [2.24, 2.45) is 5.92 Å². The molecule has 5 nitrogen and oxygen atoms in total. The minimum absolute atomic E-state index is 0.0308. The highest BCUT2D eigenvalue weighted by molar-refractivity contribution is 6.04. The smallest absolute Gasteiger partial charge is 0.255 e. The summed E-state index contributed by atoms with van der Waals surface area (Å²) in [6.45, 7) is 5.89. The molecule has 0 bridgehead atoms. The molecule has 0 saturated carbocycles. The first-order valence-corrected chi connectivity index (χ1v) is 8.76. The fourth-order valence-corrected chi connectivity index (χ4v) is 2.59. The van der Waals surface area contributed by atoms with Crippen LogP contribution in [0.3, 0.4) is 0 Å². The minimum atomic E-state index is -0.175. The summed E-state index contributed by atoms with van der Waals surface area (Å²) in [5.74, 6) is 0.170. The molecule has 0 aliphatic heterocycles. The van der Waals surface area contributed by atoms with Crippen molar-refractivity contribution >= 4 is 17.5 Å². The van der Waals surface area contributed by atoms with Crippen molar-refractivity contribution in [2.75, 3.05) is 32.1 Å². The summed E-state index contributed by atoms with van der Waals surface area (Å²) in [5, 5.41) is 2.84. The molecule has 2 aromatic carbocycles. The molecule has 2 amide bonds. The number of ether oxygens (including phenoxy) is 1. The Hall–Kier alpha value is -2.66. The lowest BCUT2D eigenvalue weighted by Gasteiger charge is -2.24. The molecule has 0 fully saturated rings. The first kappa shape index (κ1) is 19.7. The van der Waals surface area contributed by atoms with Crippen LogP contribution in [0.5, 0.6) is 0 Å². The Morgan fingerprint density at radius 2 is 1.65 bits per heavy atom. The molecule has 0 unspecified atom stereocenters. The molecule has 0 radical (unpaired) electrons. The van der Waals surface area contributed by atoms with Gasteiger partial charge in [-0.05, 0) is 42.3 Å². The fraction of sp³-hybridized carbons (Fsp3) is 0.333. The quantitative estimate of drug-likeness (QED) is 0.787. The number of amides is 2. The molecule has 138 valence electrons. The summed E-state index contributed by atoms with van der Waals surface area (Å²) in [6, 6.07) is 16.0. The zero-order chi connectivity index (χ0) is 18.9. The standard InChI is InChI=1S/C21H26N2O3/c1-16(2)15-23(13-14-26-3)21(25)18-9-11-19(12-10-18)22-20(24)17-7-5-4-6-8-17/h4-12,16H,13-15H2,1-3H3,(H,22,24). The third kappa shape index (κ3) is 5.70.